The van der Waals surface area contributed by atoms with E-state index in [0.29, 0.717) is 6.61 Å². The molecule has 1 aromatic heterocycles. The highest BCUT2D eigenvalue weighted by Gasteiger charge is 2.03. The Hall–Kier alpha value is -1.04. The van der Waals surface area contributed by atoms with Crippen molar-refractivity contribution in [1.82, 2.24) is 4.90 Å². The first-order valence-corrected chi connectivity index (χ1v) is 8.20. The summed E-state index contributed by atoms with van der Waals surface area (Å²) in [5.41, 5.74) is 7.79. The lowest BCUT2D eigenvalue weighted by Gasteiger charge is -2.16. The number of anilines is 1. The van der Waals surface area contributed by atoms with Gasteiger partial charge >= 0.3 is 0 Å². The van der Waals surface area contributed by atoms with Crippen molar-refractivity contribution in [2.45, 2.75) is 13.0 Å². The zero-order valence-electron chi connectivity index (χ0n) is 11.5. The molecule has 0 saturated heterocycles. The molecular weight excluding hydrogens is 336 g/mol. The van der Waals surface area contributed by atoms with Crippen molar-refractivity contribution in [1.29, 1.82) is 0 Å². The zero-order valence-corrected chi connectivity index (χ0v) is 13.9. The number of thiophene rings is 1. The number of hydrogen-bond donors (Lipinski definition) is 1. The predicted molar refractivity (Wildman–Crippen MR) is 89.3 cm³/mol. The smallest absolute Gasteiger partial charge is 0.121 e. The Bertz CT molecular complexity index is 544. The minimum Gasteiger partial charge on any atom is -0.493 e. The van der Waals surface area contributed by atoms with Gasteiger partial charge in [-0.2, -0.15) is 0 Å². The van der Waals surface area contributed by atoms with Crippen LogP contribution in [0.25, 0.3) is 0 Å². The summed E-state index contributed by atoms with van der Waals surface area (Å²) >= 11 is 5.21. The molecule has 0 unspecified atom stereocenters. The summed E-state index contributed by atoms with van der Waals surface area (Å²) in [4.78, 5) is 2.30. The molecule has 0 fully saturated rings. The van der Waals surface area contributed by atoms with Gasteiger partial charge in [0.1, 0.15) is 5.75 Å². The molecule has 0 saturated carbocycles. The Morgan fingerprint density at radius 3 is 2.90 bits per heavy atom. The molecule has 2 aromatic rings. The van der Waals surface area contributed by atoms with Crippen molar-refractivity contribution in [3.63, 3.8) is 0 Å². The molecule has 1 heterocycles. The van der Waals surface area contributed by atoms with Gasteiger partial charge in [-0.05, 0) is 58.5 Å². The van der Waals surface area contributed by atoms with Crippen LogP contribution in [0.1, 0.15) is 12.0 Å². The van der Waals surface area contributed by atoms with Crippen LogP contribution in [0, 0.1) is 0 Å². The van der Waals surface area contributed by atoms with E-state index in [1.807, 2.05) is 24.3 Å². The third-order valence-electron chi connectivity index (χ3n) is 2.89. The number of nitrogen functional groups attached to an aromatic ring is 1. The average Bonchev–Trinajstić information content (AvgIpc) is 2.80. The van der Waals surface area contributed by atoms with Crippen molar-refractivity contribution < 1.29 is 4.74 Å². The van der Waals surface area contributed by atoms with Crippen molar-refractivity contribution in [2.75, 3.05) is 25.9 Å². The summed E-state index contributed by atoms with van der Waals surface area (Å²) in [6, 6.07) is 9.73. The minimum atomic E-state index is 0.709. The van der Waals surface area contributed by atoms with Crippen molar-refractivity contribution in [2.24, 2.45) is 0 Å². The van der Waals surface area contributed by atoms with Crippen LogP contribution in [0.5, 0.6) is 5.75 Å². The summed E-state index contributed by atoms with van der Waals surface area (Å²) in [6.07, 6.45) is 0.997. The first kappa shape index (κ1) is 15.4. The predicted octanol–water partition coefficient (Wildman–Crippen LogP) is 3.99. The Morgan fingerprint density at radius 2 is 2.20 bits per heavy atom. The Morgan fingerprint density at radius 1 is 1.35 bits per heavy atom. The quantitative estimate of drug-likeness (QED) is 0.603. The molecule has 0 spiro atoms. The molecule has 2 rings (SSSR count). The molecule has 0 amide bonds. The van der Waals surface area contributed by atoms with Gasteiger partial charge in [0.2, 0.25) is 0 Å². The van der Waals surface area contributed by atoms with Crippen LogP contribution in [0.3, 0.4) is 0 Å². The number of halogens is 1. The number of nitrogens with two attached hydrogens (primary N) is 1. The zero-order chi connectivity index (χ0) is 14.4. The third kappa shape index (κ3) is 5.15. The molecule has 0 bridgehead atoms. The van der Waals surface area contributed by atoms with E-state index < -0.39 is 0 Å². The van der Waals surface area contributed by atoms with Gasteiger partial charge in [0.05, 0.1) is 10.4 Å². The van der Waals surface area contributed by atoms with E-state index in [1.54, 1.807) is 11.3 Å². The van der Waals surface area contributed by atoms with Gasteiger partial charge in [-0.3, -0.25) is 0 Å². The third-order valence-corrected chi connectivity index (χ3v) is 4.44. The first-order chi connectivity index (χ1) is 9.63. The molecule has 1 aromatic carbocycles. The fourth-order valence-corrected chi connectivity index (χ4v) is 3.15. The maximum atomic E-state index is 5.71. The van der Waals surface area contributed by atoms with Crippen LogP contribution in [-0.4, -0.2) is 25.1 Å². The van der Waals surface area contributed by atoms with Crippen molar-refractivity contribution in [3.05, 3.63) is 45.1 Å². The van der Waals surface area contributed by atoms with Crippen molar-refractivity contribution in [3.8, 4) is 5.75 Å². The maximum absolute atomic E-state index is 5.71. The fraction of sp³-hybridized carbons (Fsp3) is 0.333. The van der Waals surface area contributed by atoms with Gasteiger partial charge < -0.3 is 15.4 Å². The molecular formula is C15H19BrN2OS. The van der Waals surface area contributed by atoms with Gasteiger partial charge in [0.25, 0.3) is 0 Å². The van der Waals surface area contributed by atoms with Crippen LogP contribution in [0.4, 0.5) is 5.69 Å². The Labute approximate surface area is 132 Å². The van der Waals surface area contributed by atoms with E-state index in [9.17, 15) is 0 Å². The largest absolute Gasteiger partial charge is 0.493 e. The normalized spacial score (nSPS) is 10.9. The molecule has 20 heavy (non-hydrogen) atoms. The second kappa shape index (κ2) is 7.67. The molecule has 108 valence electrons. The number of ether oxygens (including phenoxy) is 1. The Balaban J connectivity index is 1.65. The number of benzene rings is 1. The molecule has 0 aliphatic heterocycles. The molecule has 3 nitrogen and oxygen atoms in total. The lowest BCUT2D eigenvalue weighted by Crippen LogP contribution is -2.20. The topological polar surface area (TPSA) is 38.5 Å². The van der Waals surface area contributed by atoms with Crippen LogP contribution in [-0.2, 0) is 6.54 Å². The molecule has 0 aliphatic carbocycles. The monoisotopic (exact) mass is 354 g/mol. The minimum absolute atomic E-state index is 0.709. The molecule has 5 heteroatoms. The molecule has 0 radical (unpaired) electrons. The highest BCUT2D eigenvalue weighted by molar-refractivity contribution is 9.11. The fourth-order valence-electron chi connectivity index (χ4n) is 1.95. The van der Waals surface area contributed by atoms with Crippen LogP contribution in [0.2, 0.25) is 0 Å². The molecule has 2 N–H and O–H groups in total. The summed E-state index contributed by atoms with van der Waals surface area (Å²) in [5.74, 6) is 0.842. The standard InChI is InChI=1S/C15H19BrN2OS/c1-18(10-12-8-15(16)20-11-12)6-3-7-19-14-5-2-4-13(17)9-14/h2,4-5,8-9,11H,3,6-7,10,17H2,1H3. The van der Waals surface area contributed by atoms with Gasteiger partial charge in [0, 0.05) is 24.8 Å². The number of hydrogen-bond acceptors (Lipinski definition) is 4. The van der Waals surface area contributed by atoms with E-state index >= 15 is 0 Å². The van der Waals surface area contributed by atoms with Gasteiger partial charge in [-0.15, -0.1) is 11.3 Å². The van der Waals surface area contributed by atoms with Gasteiger partial charge in [-0.25, -0.2) is 0 Å². The Kier molecular flexibility index (Phi) is 5.88. The highest BCUT2D eigenvalue weighted by atomic mass is 79.9. The van der Waals surface area contributed by atoms with E-state index in [-0.39, 0.29) is 0 Å². The average molecular weight is 355 g/mol. The van der Waals surface area contributed by atoms with Crippen LogP contribution >= 0.6 is 27.3 Å². The maximum Gasteiger partial charge on any atom is 0.121 e. The second-order valence-corrected chi connectivity index (χ2v) is 7.06. The summed E-state index contributed by atoms with van der Waals surface area (Å²) < 4.78 is 6.87. The number of rotatable bonds is 7. The van der Waals surface area contributed by atoms with Crippen molar-refractivity contribution >= 4 is 33.0 Å². The highest BCUT2D eigenvalue weighted by Crippen LogP contribution is 2.21. The SMILES string of the molecule is CN(CCCOc1cccc(N)c1)Cc1csc(Br)c1. The van der Waals surface area contributed by atoms with Gasteiger partial charge in [0.15, 0.2) is 0 Å². The van der Waals surface area contributed by atoms with E-state index in [2.05, 4.69) is 39.3 Å². The number of nitrogens with zero attached hydrogens (tertiary/aromatic N) is 1. The van der Waals surface area contributed by atoms with E-state index in [4.69, 9.17) is 10.5 Å². The second-order valence-electron chi connectivity index (χ2n) is 4.77. The van der Waals surface area contributed by atoms with E-state index in [0.717, 1.165) is 30.9 Å². The van der Waals surface area contributed by atoms with Crippen LogP contribution < -0.4 is 10.5 Å². The summed E-state index contributed by atoms with van der Waals surface area (Å²) in [5, 5.41) is 2.18. The summed E-state index contributed by atoms with van der Waals surface area (Å²) in [6.45, 7) is 2.69. The summed E-state index contributed by atoms with van der Waals surface area (Å²) in [7, 11) is 2.13. The van der Waals surface area contributed by atoms with Gasteiger partial charge in [-0.1, -0.05) is 6.07 Å². The lowest BCUT2D eigenvalue weighted by molar-refractivity contribution is 0.259. The molecule has 0 aliphatic rings. The first-order valence-electron chi connectivity index (χ1n) is 6.53. The molecule has 0 atom stereocenters. The lowest BCUT2D eigenvalue weighted by atomic mass is 10.3. The van der Waals surface area contributed by atoms with Crippen LogP contribution in [0.15, 0.2) is 39.5 Å². The van der Waals surface area contributed by atoms with E-state index in [1.165, 1.54) is 9.35 Å².